The number of anilines is 1. The topological polar surface area (TPSA) is 89.1 Å². The van der Waals surface area contributed by atoms with Gasteiger partial charge >= 0.3 is 6.03 Å². The van der Waals surface area contributed by atoms with E-state index >= 15 is 0 Å². The average molecular weight is 380 g/mol. The first-order chi connectivity index (χ1) is 13.5. The highest BCUT2D eigenvalue weighted by molar-refractivity contribution is 5.93. The third-order valence-corrected chi connectivity index (χ3v) is 5.02. The highest BCUT2D eigenvalue weighted by Gasteiger charge is 2.35. The standard InChI is InChI=1S/C20H24N6O2/c1-13(2)17-22-19(28-24-17)16-10-7-11-26(16)20(27)23-18-15(12-21-25(18)3)14-8-5-4-6-9-14/h4-6,8-9,12-13,16H,7,10-11H2,1-3H3,(H,23,27)/t16-/m0/s1. The van der Waals surface area contributed by atoms with Crippen LogP contribution in [-0.2, 0) is 7.05 Å². The van der Waals surface area contributed by atoms with E-state index < -0.39 is 0 Å². The van der Waals surface area contributed by atoms with Gasteiger partial charge in [0.2, 0.25) is 5.89 Å². The van der Waals surface area contributed by atoms with E-state index in [0.717, 1.165) is 24.0 Å². The smallest absolute Gasteiger partial charge is 0.323 e. The molecule has 1 aliphatic rings. The van der Waals surface area contributed by atoms with Gasteiger partial charge in [0.05, 0.1) is 6.20 Å². The Morgan fingerprint density at radius 2 is 2.07 bits per heavy atom. The molecule has 0 unspecified atom stereocenters. The fraction of sp³-hybridized carbons (Fsp3) is 0.400. The van der Waals surface area contributed by atoms with Gasteiger partial charge in [-0.1, -0.05) is 49.3 Å². The first kappa shape index (κ1) is 18.2. The lowest BCUT2D eigenvalue weighted by atomic mass is 10.1. The molecule has 1 fully saturated rings. The van der Waals surface area contributed by atoms with E-state index in [2.05, 4.69) is 20.6 Å². The Balaban J connectivity index is 1.56. The van der Waals surface area contributed by atoms with Gasteiger partial charge in [-0.2, -0.15) is 10.1 Å². The molecule has 3 heterocycles. The van der Waals surface area contributed by atoms with Crippen molar-refractivity contribution in [3.05, 3.63) is 48.2 Å². The van der Waals surface area contributed by atoms with E-state index in [-0.39, 0.29) is 18.0 Å². The molecular weight excluding hydrogens is 356 g/mol. The number of urea groups is 1. The lowest BCUT2D eigenvalue weighted by Gasteiger charge is -2.22. The summed E-state index contributed by atoms with van der Waals surface area (Å²) in [5.74, 6) is 2.02. The molecule has 1 N–H and O–H groups in total. The largest absolute Gasteiger partial charge is 0.337 e. The van der Waals surface area contributed by atoms with E-state index in [4.69, 9.17) is 4.52 Å². The lowest BCUT2D eigenvalue weighted by molar-refractivity contribution is 0.193. The molecule has 1 aliphatic heterocycles. The van der Waals surface area contributed by atoms with Crippen LogP contribution in [0.4, 0.5) is 10.6 Å². The number of carbonyl (C=O) groups excluding carboxylic acids is 1. The Morgan fingerprint density at radius 1 is 1.29 bits per heavy atom. The van der Waals surface area contributed by atoms with Crippen molar-refractivity contribution in [2.45, 2.75) is 38.6 Å². The second kappa shape index (κ2) is 7.46. The second-order valence-corrected chi connectivity index (χ2v) is 7.32. The van der Waals surface area contributed by atoms with E-state index in [1.54, 1.807) is 15.8 Å². The molecule has 0 aliphatic carbocycles. The molecule has 0 bridgehead atoms. The van der Waals surface area contributed by atoms with Crippen molar-refractivity contribution < 1.29 is 9.32 Å². The highest BCUT2D eigenvalue weighted by Crippen LogP contribution is 2.33. The third-order valence-electron chi connectivity index (χ3n) is 5.02. The number of rotatable bonds is 4. The molecule has 0 spiro atoms. The van der Waals surface area contributed by atoms with Crippen LogP contribution in [0.25, 0.3) is 11.1 Å². The summed E-state index contributed by atoms with van der Waals surface area (Å²) in [5.41, 5.74) is 1.88. The minimum Gasteiger partial charge on any atom is -0.337 e. The van der Waals surface area contributed by atoms with Crippen molar-refractivity contribution in [3.63, 3.8) is 0 Å². The summed E-state index contributed by atoms with van der Waals surface area (Å²) in [4.78, 5) is 19.3. The number of nitrogens with one attached hydrogen (secondary N) is 1. The van der Waals surface area contributed by atoms with Crippen molar-refractivity contribution >= 4 is 11.8 Å². The molecule has 146 valence electrons. The number of aromatic nitrogens is 4. The molecule has 28 heavy (non-hydrogen) atoms. The van der Waals surface area contributed by atoms with Crippen LogP contribution in [0.15, 0.2) is 41.1 Å². The molecule has 1 aromatic carbocycles. The number of nitrogens with zero attached hydrogens (tertiary/aromatic N) is 5. The Hall–Kier alpha value is -3.16. The van der Waals surface area contributed by atoms with Crippen LogP contribution < -0.4 is 5.32 Å². The molecule has 2 amide bonds. The summed E-state index contributed by atoms with van der Waals surface area (Å²) in [6.07, 6.45) is 3.47. The van der Waals surface area contributed by atoms with Crippen LogP contribution >= 0.6 is 0 Å². The monoisotopic (exact) mass is 380 g/mol. The van der Waals surface area contributed by atoms with Crippen LogP contribution in [0, 0.1) is 0 Å². The minimum atomic E-state index is -0.201. The summed E-state index contributed by atoms with van der Waals surface area (Å²) in [7, 11) is 1.82. The first-order valence-corrected chi connectivity index (χ1v) is 9.53. The maximum absolute atomic E-state index is 13.1. The van der Waals surface area contributed by atoms with Crippen molar-refractivity contribution in [1.82, 2.24) is 24.8 Å². The molecule has 0 saturated carbocycles. The SMILES string of the molecule is CC(C)c1noc([C@@H]2CCCN2C(=O)Nc2c(-c3ccccc3)cnn2C)n1. The van der Waals surface area contributed by atoms with E-state index in [1.807, 2.05) is 51.2 Å². The minimum absolute atomic E-state index is 0.184. The highest BCUT2D eigenvalue weighted by atomic mass is 16.5. The summed E-state index contributed by atoms with van der Waals surface area (Å²) < 4.78 is 7.12. The fourth-order valence-electron chi connectivity index (χ4n) is 3.47. The van der Waals surface area contributed by atoms with Crippen LogP contribution in [0.5, 0.6) is 0 Å². The van der Waals surface area contributed by atoms with E-state index in [0.29, 0.717) is 24.1 Å². The lowest BCUT2D eigenvalue weighted by Crippen LogP contribution is -2.35. The summed E-state index contributed by atoms with van der Waals surface area (Å²) >= 11 is 0. The fourth-order valence-corrected chi connectivity index (χ4v) is 3.47. The second-order valence-electron chi connectivity index (χ2n) is 7.32. The van der Waals surface area contributed by atoms with Gasteiger partial charge in [0.1, 0.15) is 11.9 Å². The molecule has 3 aromatic rings. The third kappa shape index (κ3) is 3.37. The molecule has 0 radical (unpaired) electrons. The van der Waals surface area contributed by atoms with Gasteiger partial charge in [-0.3, -0.25) is 10.00 Å². The number of carbonyl (C=O) groups is 1. The number of likely N-dealkylation sites (tertiary alicyclic amines) is 1. The maximum Gasteiger partial charge on any atom is 0.323 e. The normalized spacial score (nSPS) is 16.7. The van der Waals surface area contributed by atoms with Gasteiger partial charge in [0.25, 0.3) is 0 Å². The molecule has 2 aromatic heterocycles. The van der Waals surface area contributed by atoms with Crippen molar-refractivity contribution in [2.24, 2.45) is 7.05 Å². The zero-order chi connectivity index (χ0) is 19.7. The van der Waals surface area contributed by atoms with Crippen molar-refractivity contribution in [1.29, 1.82) is 0 Å². The van der Waals surface area contributed by atoms with Gasteiger partial charge in [-0.15, -0.1) is 0 Å². The average Bonchev–Trinajstić information content (AvgIpc) is 3.42. The molecule has 4 rings (SSSR count). The van der Waals surface area contributed by atoms with Crippen molar-refractivity contribution in [2.75, 3.05) is 11.9 Å². The van der Waals surface area contributed by atoms with Gasteiger partial charge < -0.3 is 9.42 Å². The van der Waals surface area contributed by atoms with E-state index in [9.17, 15) is 4.79 Å². The van der Waals surface area contributed by atoms with Crippen LogP contribution in [-0.4, -0.2) is 37.4 Å². The number of hydrogen-bond donors (Lipinski definition) is 1. The van der Waals surface area contributed by atoms with Gasteiger partial charge in [0.15, 0.2) is 5.82 Å². The Bertz CT molecular complexity index is 962. The summed E-state index contributed by atoms with van der Waals surface area (Å²) in [6.45, 7) is 4.68. The van der Waals surface area contributed by atoms with Crippen LogP contribution in [0.1, 0.15) is 50.4 Å². The Kier molecular flexibility index (Phi) is 4.85. The molecular formula is C20H24N6O2. The van der Waals surface area contributed by atoms with Gasteiger partial charge in [-0.05, 0) is 18.4 Å². The summed E-state index contributed by atoms with van der Waals surface area (Å²) in [5, 5.41) is 11.4. The van der Waals surface area contributed by atoms with Crippen LogP contribution in [0.3, 0.4) is 0 Å². The zero-order valence-electron chi connectivity index (χ0n) is 16.3. The molecule has 8 nitrogen and oxygen atoms in total. The number of amides is 2. The van der Waals surface area contributed by atoms with Gasteiger partial charge in [-0.25, -0.2) is 4.79 Å². The summed E-state index contributed by atoms with van der Waals surface area (Å²) in [6, 6.07) is 9.50. The number of aryl methyl sites for hydroxylation is 1. The maximum atomic E-state index is 13.1. The Morgan fingerprint density at radius 3 is 2.79 bits per heavy atom. The van der Waals surface area contributed by atoms with Crippen LogP contribution in [0.2, 0.25) is 0 Å². The predicted molar refractivity (Wildman–Crippen MR) is 105 cm³/mol. The molecule has 8 heteroatoms. The molecule has 1 saturated heterocycles. The zero-order valence-corrected chi connectivity index (χ0v) is 16.3. The predicted octanol–water partition coefficient (Wildman–Crippen LogP) is 3.96. The van der Waals surface area contributed by atoms with E-state index in [1.165, 1.54) is 0 Å². The number of benzene rings is 1. The molecule has 1 atom stereocenters. The number of hydrogen-bond acceptors (Lipinski definition) is 5. The Labute approximate surface area is 163 Å². The quantitative estimate of drug-likeness (QED) is 0.740. The van der Waals surface area contributed by atoms with Gasteiger partial charge in [0, 0.05) is 25.1 Å². The van der Waals surface area contributed by atoms with Crippen molar-refractivity contribution in [3.8, 4) is 11.1 Å². The first-order valence-electron chi connectivity index (χ1n) is 9.53.